The van der Waals surface area contributed by atoms with Gasteiger partial charge in [0.05, 0.1) is 0 Å². The van der Waals surface area contributed by atoms with Crippen LogP contribution >= 0.6 is 11.6 Å². The predicted molar refractivity (Wildman–Crippen MR) is 92.6 cm³/mol. The van der Waals surface area contributed by atoms with E-state index in [2.05, 4.69) is 5.32 Å². The topological polar surface area (TPSA) is 86.7 Å². The summed E-state index contributed by atoms with van der Waals surface area (Å²) in [4.78, 5) is 37.9. The highest BCUT2D eigenvalue weighted by Gasteiger charge is 2.45. The van der Waals surface area contributed by atoms with Crippen LogP contribution in [0, 0.1) is 5.92 Å². The lowest BCUT2D eigenvalue weighted by Crippen LogP contribution is -2.46. The molecule has 2 aromatic rings. The zero-order valence-corrected chi connectivity index (χ0v) is 13.8. The van der Waals surface area contributed by atoms with E-state index in [4.69, 9.17) is 11.6 Å². The van der Waals surface area contributed by atoms with Crippen LogP contribution < -0.4 is 10.2 Å². The molecular weight excluding hydrogens is 344 g/mol. The molecule has 1 heterocycles. The first-order valence-electron chi connectivity index (χ1n) is 7.63. The van der Waals surface area contributed by atoms with Gasteiger partial charge in [0, 0.05) is 22.8 Å². The number of amides is 2. The summed E-state index contributed by atoms with van der Waals surface area (Å²) in [5.41, 5.74) is 0.904. The number of benzene rings is 2. The van der Waals surface area contributed by atoms with Gasteiger partial charge in [-0.25, -0.2) is 0 Å². The van der Waals surface area contributed by atoms with Gasteiger partial charge in [-0.1, -0.05) is 29.8 Å². The van der Waals surface area contributed by atoms with Crippen molar-refractivity contribution in [2.75, 3.05) is 11.4 Å². The zero-order valence-electron chi connectivity index (χ0n) is 13.1. The monoisotopic (exact) mass is 358 g/mol. The van der Waals surface area contributed by atoms with Crippen LogP contribution in [0.25, 0.3) is 0 Å². The molecule has 0 spiro atoms. The average Bonchev–Trinajstić information content (AvgIpc) is 2.93. The van der Waals surface area contributed by atoms with E-state index in [1.807, 2.05) is 0 Å². The Hall–Kier alpha value is -2.86. The summed E-state index contributed by atoms with van der Waals surface area (Å²) in [6, 6.07) is 13.8. The van der Waals surface area contributed by atoms with E-state index in [1.54, 1.807) is 42.5 Å². The molecule has 3 rings (SSSR count). The summed E-state index contributed by atoms with van der Waals surface area (Å²) in [5, 5.41) is 12.5. The Morgan fingerprint density at radius 2 is 1.72 bits per heavy atom. The molecule has 25 heavy (non-hydrogen) atoms. The Morgan fingerprint density at radius 1 is 1.08 bits per heavy atom. The molecular formula is C18H15ClN2O4. The third-order valence-electron chi connectivity index (χ3n) is 4.09. The second-order valence-corrected chi connectivity index (χ2v) is 6.12. The van der Waals surface area contributed by atoms with Crippen LogP contribution in [0.3, 0.4) is 0 Å². The SMILES string of the molecule is O=C(N[C@H]1C(=O)N(c2ccccc2)C[C@@H]1C(=O)O)c1ccc(Cl)cc1. The van der Waals surface area contributed by atoms with Gasteiger partial charge in [-0.3, -0.25) is 14.4 Å². The van der Waals surface area contributed by atoms with E-state index in [9.17, 15) is 19.5 Å². The number of nitrogens with one attached hydrogen (secondary N) is 1. The van der Waals surface area contributed by atoms with E-state index in [1.165, 1.54) is 17.0 Å². The number of carbonyl (C=O) groups excluding carboxylic acids is 2. The number of hydrogen-bond donors (Lipinski definition) is 2. The number of carbonyl (C=O) groups is 3. The van der Waals surface area contributed by atoms with Gasteiger partial charge in [0.1, 0.15) is 12.0 Å². The Kier molecular flexibility index (Phi) is 4.72. The Morgan fingerprint density at radius 3 is 2.32 bits per heavy atom. The van der Waals surface area contributed by atoms with E-state index in [-0.39, 0.29) is 6.54 Å². The molecule has 2 N–H and O–H groups in total. The summed E-state index contributed by atoms with van der Waals surface area (Å²) in [5.74, 6) is -3.12. The van der Waals surface area contributed by atoms with Crippen molar-refractivity contribution >= 4 is 35.1 Å². The second kappa shape index (κ2) is 6.94. The van der Waals surface area contributed by atoms with Gasteiger partial charge in [0.15, 0.2) is 0 Å². The molecule has 1 fully saturated rings. The van der Waals surface area contributed by atoms with E-state index in [0.717, 1.165) is 0 Å². The highest BCUT2D eigenvalue weighted by molar-refractivity contribution is 6.30. The van der Waals surface area contributed by atoms with Crippen LogP contribution in [-0.4, -0.2) is 35.5 Å². The van der Waals surface area contributed by atoms with Crippen molar-refractivity contribution in [3.63, 3.8) is 0 Å². The lowest BCUT2D eigenvalue weighted by atomic mass is 10.0. The van der Waals surface area contributed by atoms with E-state index >= 15 is 0 Å². The van der Waals surface area contributed by atoms with Gasteiger partial charge in [-0.05, 0) is 36.4 Å². The fraction of sp³-hybridized carbons (Fsp3) is 0.167. The van der Waals surface area contributed by atoms with Crippen molar-refractivity contribution in [2.24, 2.45) is 5.92 Å². The fourth-order valence-electron chi connectivity index (χ4n) is 2.78. The molecule has 0 bridgehead atoms. The normalized spacial score (nSPS) is 19.7. The maximum Gasteiger partial charge on any atom is 0.310 e. The van der Waals surface area contributed by atoms with Crippen molar-refractivity contribution < 1.29 is 19.5 Å². The first-order chi connectivity index (χ1) is 12.0. The first kappa shape index (κ1) is 17.0. The lowest BCUT2D eigenvalue weighted by molar-refractivity contribution is -0.142. The Bertz CT molecular complexity index is 808. The molecule has 2 amide bonds. The quantitative estimate of drug-likeness (QED) is 0.877. The standard InChI is InChI=1S/C18H15ClN2O4/c19-12-8-6-11(7-9-12)16(22)20-15-14(18(24)25)10-21(17(15)23)13-4-2-1-3-5-13/h1-9,14-15H,10H2,(H,20,22)(H,24,25)/t14-,15+/m0/s1. The van der Waals surface area contributed by atoms with Crippen LogP contribution in [0.2, 0.25) is 5.02 Å². The van der Waals surface area contributed by atoms with Crippen LogP contribution in [-0.2, 0) is 9.59 Å². The van der Waals surface area contributed by atoms with Crippen molar-refractivity contribution in [2.45, 2.75) is 6.04 Å². The van der Waals surface area contributed by atoms with Crippen molar-refractivity contribution in [1.82, 2.24) is 5.32 Å². The van der Waals surface area contributed by atoms with Crippen LogP contribution in [0.5, 0.6) is 0 Å². The van der Waals surface area contributed by atoms with Gasteiger partial charge < -0.3 is 15.3 Å². The second-order valence-electron chi connectivity index (χ2n) is 5.69. The number of rotatable bonds is 4. The van der Waals surface area contributed by atoms with Crippen LogP contribution in [0.1, 0.15) is 10.4 Å². The summed E-state index contributed by atoms with van der Waals surface area (Å²) in [6.45, 7) is 0.00371. The van der Waals surface area contributed by atoms with Crippen LogP contribution in [0.15, 0.2) is 54.6 Å². The maximum atomic E-state index is 12.7. The fourth-order valence-corrected chi connectivity index (χ4v) is 2.91. The molecule has 2 atom stereocenters. The minimum atomic E-state index is -1.13. The maximum absolute atomic E-state index is 12.7. The summed E-state index contributed by atoms with van der Waals surface area (Å²) < 4.78 is 0. The Labute approximate surface area is 149 Å². The lowest BCUT2D eigenvalue weighted by Gasteiger charge is -2.17. The van der Waals surface area contributed by atoms with E-state index < -0.39 is 29.7 Å². The van der Waals surface area contributed by atoms with E-state index in [0.29, 0.717) is 16.3 Å². The molecule has 2 aromatic carbocycles. The third kappa shape index (κ3) is 3.49. The molecule has 1 saturated heterocycles. The number of nitrogens with zero attached hydrogens (tertiary/aromatic N) is 1. The van der Waals surface area contributed by atoms with Gasteiger partial charge in [-0.15, -0.1) is 0 Å². The summed E-state index contributed by atoms with van der Waals surface area (Å²) in [6.07, 6.45) is 0. The van der Waals surface area contributed by atoms with Gasteiger partial charge >= 0.3 is 5.97 Å². The van der Waals surface area contributed by atoms with Crippen molar-refractivity contribution in [1.29, 1.82) is 0 Å². The van der Waals surface area contributed by atoms with Crippen LogP contribution in [0.4, 0.5) is 5.69 Å². The molecule has 1 aliphatic rings. The highest BCUT2D eigenvalue weighted by Crippen LogP contribution is 2.26. The first-order valence-corrected chi connectivity index (χ1v) is 8.01. The smallest absolute Gasteiger partial charge is 0.310 e. The van der Waals surface area contributed by atoms with Gasteiger partial charge in [-0.2, -0.15) is 0 Å². The molecule has 7 heteroatoms. The van der Waals surface area contributed by atoms with Crippen molar-refractivity contribution in [3.8, 4) is 0 Å². The zero-order chi connectivity index (χ0) is 18.0. The molecule has 0 unspecified atom stereocenters. The van der Waals surface area contributed by atoms with Gasteiger partial charge in [0.25, 0.3) is 11.8 Å². The molecule has 0 saturated carbocycles. The highest BCUT2D eigenvalue weighted by atomic mass is 35.5. The minimum Gasteiger partial charge on any atom is -0.481 e. The number of carboxylic acid groups (broad SMARTS) is 1. The molecule has 1 aliphatic heterocycles. The number of anilines is 1. The Balaban J connectivity index is 1.83. The third-order valence-corrected chi connectivity index (χ3v) is 4.34. The largest absolute Gasteiger partial charge is 0.481 e. The molecule has 0 aliphatic carbocycles. The molecule has 0 aromatic heterocycles. The number of halogens is 1. The number of para-hydroxylation sites is 1. The number of aliphatic carboxylic acids is 1. The molecule has 6 nitrogen and oxygen atoms in total. The minimum absolute atomic E-state index is 0.00371. The summed E-state index contributed by atoms with van der Waals surface area (Å²) >= 11 is 5.79. The summed E-state index contributed by atoms with van der Waals surface area (Å²) in [7, 11) is 0. The predicted octanol–water partition coefficient (Wildman–Crippen LogP) is 2.19. The number of hydrogen-bond acceptors (Lipinski definition) is 3. The molecule has 128 valence electrons. The van der Waals surface area contributed by atoms with Gasteiger partial charge in [0.2, 0.25) is 0 Å². The molecule has 0 radical (unpaired) electrons. The average molecular weight is 359 g/mol. The number of carboxylic acids is 1. The van der Waals surface area contributed by atoms with Crippen molar-refractivity contribution in [3.05, 3.63) is 65.2 Å².